The van der Waals surface area contributed by atoms with Crippen molar-refractivity contribution in [2.75, 3.05) is 0 Å². The highest BCUT2D eigenvalue weighted by Gasteiger charge is 2.36. The molecule has 6 heteroatoms. The molecule has 0 radical (unpaired) electrons. The molecule has 2 aromatic heterocycles. The summed E-state index contributed by atoms with van der Waals surface area (Å²) in [5, 5.41) is 0.609. The molecular formula is C23H17N3O2S. The Labute approximate surface area is 171 Å². The summed E-state index contributed by atoms with van der Waals surface area (Å²) in [5.74, 6) is 0.400. The summed E-state index contributed by atoms with van der Waals surface area (Å²) >= 11 is 1.38. The Hall–Kier alpha value is -3.38. The van der Waals surface area contributed by atoms with Crippen molar-refractivity contribution in [3.8, 4) is 11.4 Å². The average molecular weight is 399 g/mol. The maximum absolute atomic E-state index is 12.9. The number of thiazole rings is 1. The first-order valence-electron chi connectivity index (χ1n) is 9.25. The molecule has 2 heterocycles. The normalized spacial score (nSPS) is 13.4. The lowest BCUT2D eigenvalue weighted by molar-refractivity contribution is 0.0990. The quantitative estimate of drug-likeness (QED) is 0.360. The first-order valence-corrected chi connectivity index (χ1v) is 10.1. The molecule has 0 atom stereocenters. The minimum absolute atomic E-state index is 0.180. The average Bonchev–Trinajstić information content (AvgIpc) is 3.33. The Morgan fingerprint density at radius 3 is 2.10 bits per heavy atom. The van der Waals surface area contributed by atoms with E-state index in [1.807, 2.05) is 67.9 Å². The summed E-state index contributed by atoms with van der Waals surface area (Å²) in [7, 11) is 1.92. The van der Waals surface area contributed by atoms with Crippen molar-refractivity contribution < 1.29 is 9.59 Å². The number of allylic oxidation sites excluding steroid dienone is 1. The van der Waals surface area contributed by atoms with Gasteiger partial charge < -0.3 is 4.57 Å². The van der Waals surface area contributed by atoms with Gasteiger partial charge in [-0.3, -0.25) is 9.59 Å². The summed E-state index contributed by atoms with van der Waals surface area (Å²) in [4.78, 5) is 35.9. The Balaban J connectivity index is 1.58. The van der Waals surface area contributed by atoms with Crippen LogP contribution in [0, 0.1) is 13.8 Å². The van der Waals surface area contributed by atoms with Gasteiger partial charge in [0.15, 0.2) is 22.0 Å². The number of fused-ring (bicyclic) bond motifs is 2. The Bertz CT molecular complexity index is 1320. The maximum Gasteiger partial charge on any atom is 0.198 e. The molecule has 29 heavy (non-hydrogen) atoms. The fourth-order valence-corrected chi connectivity index (χ4v) is 4.73. The van der Waals surface area contributed by atoms with Gasteiger partial charge in [-0.05, 0) is 31.1 Å². The molecule has 1 aliphatic rings. The fourth-order valence-electron chi connectivity index (χ4n) is 3.81. The number of imidazole rings is 1. The molecule has 0 unspecified atom stereocenters. The van der Waals surface area contributed by atoms with Crippen LogP contribution in [0.2, 0.25) is 0 Å². The lowest BCUT2D eigenvalue weighted by atomic mass is 9.99. The van der Waals surface area contributed by atoms with Crippen LogP contribution in [-0.4, -0.2) is 26.1 Å². The SMILES string of the molecule is Cc1ccc(C)c2c1C(=O)C(=Cc1nc3c(nc(-c4ccccc4)n3C)s1)C2=O. The van der Waals surface area contributed by atoms with Gasteiger partial charge in [0.05, 0.1) is 5.57 Å². The van der Waals surface area contributed by atoms with Gasteiger partial charge in [-0.1, -0.05) is 53.8 Å². The molecule has 4 aromatic rings. The molecule has 5 nitrogen and oxygen atoms in total. The number of carbonyl (C=O) groups excluding carboxylic acids is 2. The van der Waals surface area contributed by atoms with Gasteiger partial charge in [-0.25, -0.2) is 9.97 Å². The number of benzene rings is 2. The second kappa shape index (κ2) is 6.32. The number of aromatic nitrogens is 3. The molecule has 2 aromatic carbocycles. The number of rotatable bonds is 2. The lowest BCUT2D eigenvalue weighted by Gasteiger charge is -2.03. The van der Waals surface area contributed by atoms with Gasteiger partial charge >= 0.3 is 0 Å². The van der Waals surface area contributed by atoms with Crippen molar-refractivity contribution in [2.45, 2.75) is 13.8 Å². The van der Waals surface area contributed by atoms with E-state index in [4.69, 9.17) is 4.98 Å². The van der Waals surface area contributed by atoms with E-state index in [9.17, 15) is 9.59 Å². The summed E-state index contributed by atoms with van der Waals surface area (Å²) in [6.45, 7) is 3.72. The summed E-state index contributed by atoms with van der Waals surface area (Å²) < 4.78 is 1.94. The smallest absolute Gasteiger partial charge is 0.198 e. The molecule has 0 spiro atoms. The maximum atomic E-state index is 12.9. The number of hydrogen-bond acceptors (Lipinski definition) is 5. The van der Waals surface area contributed by atoms with Crippen LogP contribution in [0.15, 0.2) is 48.0 Å². The zero-order valence-corrected chi connectivity index (χ0v) is 17.0. The second-order valence-electron chi connectivity index (χ2n) is 7.21. The highest BCUT2D eigenvalue weighted by Crippen LogP contribution is 2.34. The van der Waals surface area contributed by atoms with E-state index in [2.05, 4.69) is 4.98 Å². The topological polar surface area (TPSA) is 64.8 Å². The minimum atomic E-state index is -0.219. The molecular weight excluding hydrogens is 382 g/mol. The van der Waals surface area contributed by atoms with Gasteiger partial charge in [-0.2, -0.15) is 0 Å². The first kappa shape index (κ1) is 17.7. The molecule has 0 amide bonds. The van der Waals surface area contributed by atoms with Crippen LogP contribution in [0.25, 0.3) is 27.9 Å². The van der Waals surface area contributed by atoms with Crippen LogP contribution in [0.3, 0.4) is 0 Å². The van der Waals surface area contributed by atoms with E-state index in [1.165, 1.54) is 11.3 Å². The third kappa shape index (κ3) is 2.60. The summed E-state index contributed by atoms with van der Waals surface area (Å²) in [5.41, 5.74) is 4.63. The third-order valence-corrected chi connectivity index (χ3v) is 6.20. The highest BCUT2D eigenvalue weighted by atomic mass is 32.1. The molecule has 0 saturated heterocycles. The standard InChI is InChI=1S/C23H17N3O2S/c1-12-9-10-13(2)18-17(12)19(27)15(20(18)28)11-16-24-22-23(29-16)25-21(26(22)3)14-7-5-4-6-8-14/h4-11H,1-3H3. The molecule has 1 aliphatic carbocycles. The van der Waals surface area contributed by atoms with Crippen molar-refractivity contribution in [3.05, 3.63) is 75.3 Å². The minimum Gasteiger partial charge on any atom is -0.311 e. The second-order valence-corrected chi connectivity index (χ2v) is 8.22. The summed E-state index contributed by atoms with van der Waals surface area (Å²) in [6.07, 6.45) is 1.61. The first-order chi connectivity index (χ1) is 14.0. The molecule has 0 aliphatic heterocycles. The van der Waals surface area contributed by atoms with Crippen LogP contribution in [0.4, 0.5) is 0 Å². The molecule has 0 bridgehead atoms. The number of carbonyl (C=O) groups is 2. The van der Waals surface area contributed by atoms with Gasteiger partial charge in [0.25, 0.3) is 0 Å². The van der Waals surface area contributed by atoms with Crippen LogP contribution in [0.1, 0.15) is 36.9 Å². The third-order valence-electron chi connectivity index (χ3n) is 5.32. The van der Waals surface area contributed by atoms with Crippen LogP contribution < -0.4 is 0 Å². The van der Waals surface area contributed by atoms with Crippen LogP contribution >= 0.6 is 11.3 Å². The largest absolute Gasteiger partial charge is 0.311 e. The Morgan fingerprint density at radius 1 is 0.897 bits per heavy atom. The number of aryl methyl sites for hydroxylation is 3. The van der Waals surface area contributed by atoms with Gasteiger partial charge in [0.2, 0.25) is 0 Å². The zero-order chi connectivity index (χ0) is 20.3. The highest BCUT2D eigenvalue weighted by molar-refractivity contribution is 7.19. The van der Waals surface area contributed by atoms with E-state index in [-0.39, 0.29) is 17.1 Å². The summed E-state index contributed by atoms with van der Waals surface area (Å²) in [6, 6.07) is 13.7. The monoisotopic (exact) mass is 399 g/mol. The molecule has 0 fully saturated rings. The van der Waals surface area contributed by atoms with E-state index < -0.39 is 0 Å². The molecule has 142 valence electrons. The van der Waals surface area contributed by atoms with E-state index >= 15 is 0 Å². The Morgan fingerprint density at radius 2 is 1.52 bits per heavy atom. The molecule has 0 saturated carbocycles. The number of Topliss-reactive ketones (excluding diaryl/α,β-unsaturated/α-hetero) is 2. The predicted molar refractivity (Wildman–Crippen MR) is 114 cm³/mol. The van der Waals surface area contributed by atoms with Crippen LogP contribution in [0.5, 0.6) is 0 Å². The number of nitrogens with zero attached hydrogens (tertiary/aromatic N) is 3. The van der Waals surface area contributed by atoms with Gasteiger partial charge in [-0.15, -0.1) is 0 Å². The molecule has 0 N–H and O–H groups in total. The van der Waals surface area contributed by atoms with Crippen molar-refractivity contribution in [3.63, 3.8) is 0 Å². The Kier molecular flexibility index (Phi) is 3.86. The predicted octanol–water partition coefficient (Wildman–Crippen LogP) is 4.78. The van der Waals surface area contributed by atoms with E-state index in [1.54, 1.807) is 6.08 Å². The van der Waals surface area contributed by atoms with Gasteiger partial charge in [0, 0.05) is 23.7 Å². The number of ketones is 2. The van der Waals surface area contributed by atoms with Crippen molar-refractivity contribution in [2.24, 2.45) is 7.05 Å². The zero-order valence-electron chi connectivity index (χ0n) is 16.2. The van der Waals surface area contributed by atoms with Crippen molar-refractivity contribution in [1.29, 1.82) is 0 Å². The number of hydrogen-bond donors (Lipinski definition) is 0. The fraction of sp³-hybridized carbons (Fsp3) is 0.130. The van der Waals surface area contributed by atoms with Crippen LogP contribution in [-0.2, 0) is 7.05 Å². The molecule has 5 rings (SSSR count). The van der Waals surface area contributed by atoms with Crippen molar-refractivity contribution >= 4 is 39.5 Å². The van der Waals surface area contributed by atoms with Gasteiger partial charge in [0.1, 0.15) is 10.8 Å². The van der Waals surface area contributed by atoms with E-state index in [0.29, 0.717) is 16.1 Å². The lowest BCUT2D eigenvalue weighted by Crippen LogP contribution is -2.01. The van der Waals surface area contributed by atoms with Crippen molar-refractivity contribution in [1.82, 2.24) is 14.5 Å². The van der Waals surface area contributed by atoms with E-state index in [0.717, 1.165) is 33.0 Å².